The Labute approximate surface area is 136 Å². The topological polar surface area (TPSA) is 58.6 Å². The van der Waals surface area contributed by atoms with Gasteiger partial charge >= 0.3 is 13.3 Å². The number of fused-ring (bicyclic) bond motifs is 1. The molecule has 0 bridgehead atoms. The van der Waals surface area contributed by atoms with Crippen LogP contribution < -0.4 is 10.8 Å². The monoisotopic (exact) mass is 335 g/mol. The van der Waals surface area contributed by atoms with Crippen LogP contribution in [0.15, 0.2) is 42.5 Å². The van der Waals surface area contributed by atoms with Crippen LogP contribution in [0.25, 0.3) is 0 Å². The summed E-state index contributed by atoms with van der Waals surface area (Å²) in [6.07, 6.45) is -4.48. The molecule has 0 atom stereocenters. The van der Waals surface area contributed by atoms with Gasteiger partial charge < -0.3 is 15.0 Å². The number of nitrogens with one attached hydrogen (secondary N) is 1. The summed E-state index contributed by atoms with van der Waals surface area (Å²) < 4.78 is 43.8. The molecule has 0 radical (unpaired) electrons. The minimum atomic E-state index is -4.48. The predicted molar refractivity (Wildman–Crippen MR) is 81.5 cm³/mol. The van der Waals surface area contributed by atoms with Gasteiger partial charge in [-0.25, -0.2) is 0 Å². The average molecular weight is 335 g/mol. The van der Waals surface area contributed by atoms with Crippen molar-refractivity contribution in [3.8, 4) is 0 Å². The van der Waals surface area contributed by atoms with E-state index in [9.17, 15) is 23.0 Å². The summed E-state index contributed by atoms with van der Waals surface area (Å²) >= 11 is 0. The van der Waals surface area contributed by atoms with Gasteiger partial charge in [-0.1, -0.05) is 24.3 Å². The fourth-order valence-electron chi connectivity index (χ4n) is 2.58. The molecule has 124 valence electrons. The first-order valence-corrected chi connectivity index (χ1v) is 7.22. The molecule has 1 aliphatic heterocycles. The van der Waals surface area contributed by atoms with Crippen molar-refractivity contribution in [3.05, 3.63) is 64.7 Å². The molecule has 3 rings (SSSR count). The van der Waals surface area contributed by atoms with Gasteiger partial charge in [0.15, 0.2) is 0 Å². The van der Waals surface area contributed by atoms with E-state index in [0.717, 1.165) is 11.6 Å². The van der Waals surface area contributed by atoms with Crippen LogP contribution in [0.1, 0.15) is 27.0 Å². The molecule has 0 aliphatic carbocycles. The Kier molecular flexibility index (Phi) is 4.34. The molecule has 0 aromatic heterocycles. The molecule has 0 fully saturated rings. The second-order valence-corrected chi connectivity index (χ2v) is 5.41. The van der Waals surface area contributed by atoms with E-state index in [1.165, 1.54) is 24.3 Å². The highest BCUT2D eigenvalue weighted by Gasteiger charge is 2.33. The van der Waals surface area contributed by atoms with E-state index >= 15 is 0 Å². The normalized spacial score (nSPS) is 13.8. The van der Waals surface area contributed by atoms with Gasteiger partial charge in [-0.2, -0.15) is 13.2 Å². The molecule has 0 saturated carbocycles. The van der Waals surface area contributed by atoms with Crippen molar-refractivity contribution >= 4 is 18.5 Å². The van der Waals surface area contributed by atoms with Crippen LogP contribution in [0.2, 0.25) is 0 Å². The smallest absolute Gasteiger partial charge is 0.423 e. The number of hydrogen-bond donors (Lipinski definition) is 2. The standard InChI is InChI=1S/C16H13BF3NO3/c18-16(19,20)13-4-2-1-3-11(13)8-21-15(22)10-5-6-12-9-24-17(23)14(12)7-10/h1-7,23H,8-9H2,(H,21,22). The van der Waals surface area contributed by atoms with Crippen molar-refractivity contribution < 1.29 is 27.6 Å². The van der Waals surface area contributed by atoms with Crippen LogP contribution in [0.5, 0.6) is 0 Å². The van der Waals surface area contributed by atoms with Crippen molar-refractivity contribution in [3.63, 3.8) is 0 Å². The molecule has 0 spiro atoms. The molecule has 0 saturated heterocycles. The Morgan fingerprint density at radius 2 is 2.00 bits per heavy atom. The molecule has 1 amide bonds. The molecule has 0 unspecified atom stereocenters. The molecule has 2 N–H and O–H groups in total. The summed E-state index contributed by atoms with van der Waals surface area (Å²) in [6, 6.07) is 9.77. The lowest BCUT2D eigenvalue weighted by molar-refractivity contribution is -0.138. The highest BCUT2D eigenvalue weighted by molar-refractivity contribution is 6.61. The summed E-state index contributed by atoms with van der Waals surface area (Å²) in [5.41, 5.74) is 0.744. The molecule has 2 aromatic rings. The van der Waals surface area contributed by atoms with Gasteiger partial charge in [0.1, 0.15) is 0 Å². The number of carbonyl (C=O) groups is 1. The second-order valence-electron chi connectivity index (χ2n) is 5.41. The Hall–Kier alpha value is -2.32. The number of alkyl halides is 3. The van der Waals surface area contributed by atoms with Crippen molar-refractivity contribution in [2.75, 3.05) is 0 Å². The first-order valence-electron chi connectivity index (χ1n) is 7.22. The van der Waals surface area contributed by atoms with E-state index in [-0.39, 0.29) is 24.3 Å². The fourth-order valence-corrected chi connectivity index (χ4v) is 2.58. The molecular weight excluding hydrogens is 322 g/mol. The maximum atomic E-state index is 12.9. The lowest BCUT2D eigenvalue weighted by Crippen LogP contribution is -2.30. The zero-order chi connectivity index (χ0) is 17.3. The van der Waals surface area contributed by atoms with Crippen molar-refractivity contribution in [2.45, 2.75) is 19.3 Å². The van der Waals surface area contributed by atoms with Gasteiger partial charge in [-0.05, 0) is 34.8 Å². The van der Waals surface area contributed by atoms with Crippen molar-refractivity contribution in [1.82, 2.24) is 5.32 Å². The van der Waals surface area contributed by atoms with E-state index in [1.807, 2.05) is 0 Å². The third-order valence-electron chi connectivity index (χ3n) is 3.83. The zero-order valence-electron chi connectivity index (χ0n) is 12.4. The Morgan fingerprint density at radius 3 is 2.75 bits per heavy atom. The maximum Gasteiger partial charge on any atom is 0.491 e. The minimum Gasteiger partial charge on any atom is -0.423 e. The molecule has 8 heteroatoms. The first kappa shape index (κ1) is 16.5. The number of carbonyl (C=O) groups excluding carboxylic acids is 1. The highest BCUT2D eigenvalue weighted by atomic mass is 19.4. The van der Waals surface area contributed by atoms with Gasteiger partial charge in [-0.3, -0.25) is 4.79 Å². The molecule has 4 nitrogen and oxygen atoms in total. The van der Waals surface area contributed by atoms with E-state index in [2.05, 4.69) is 5.32 Å². The third kappa shape index (κ3) is 3.29. The second kappa shape index (κ2) is 6.29. The number of hydrogen-bond acceptors (Lipinski definition) is 3. The molecule has 1 aliphatic rings. The molecule has 1 heterocycles. The van der Waals surface area contributed by atoms with Crippen LogP contribution in [0.4, 0.5) is 13.2 Å². The van der Waals surface area contributed by atoms with Crippen molar-refractivity contribution in [1.29, 1.82) is 0 Å². The predicted octanol–water partition coefficient (Wildman–Crippen LogP) is 1.85. The zero-order valence-corrected chi connectivity index (χ0v) is 12.4. The molecular formula is C16H13BF3NO3. The van der Waals surface area contributed by atoms with Crippen LogP contribution in [-0.4, -0.2) is 18.0 Å². The number of halogens is 3. The Morgan fingerprint density at radius 1 is 1.25 bits per heavy atom. The summed E-state index contributed by atoms with van der Waals surface area (Å²) in [5.74, 6) is -0.520. The van der Waals surface area contributed by atoms with Crippen LogP contribution >= 0.6 is 0 Å². The highest BCUT2D eigenvalue weighted by Crippen LogP contribution is 2.31. The number of rotatable bonds is 3. The largest absolute Gasteiger partial charge is 0.491 e. The SMILES string of the molecule is O=C(NCc1ccccc1C(F)(F)F)c1ccc2c(c1)B(O)OC2. The van der Waals surface area contributed by atoms with E-state index in [4.69, 9.17) is 4.65 Å². The Bertz CT molecular complexity index is 779. The molecule has 2 aromatic carbocycles. The quantitative estimate of drug-likeness (QED) is 0.842. The maximum absolute atomic E-state index is 12.9. The summed E-state index contributed by atoms with van der Waals surface area (Å²) in [5, 5.41) is 12.1. The van der Waals surface area contributed by atoms with Gasteiger partial charge in [0, 0.05) is 12.1 Å². The minimum absolute atomic E-state index is 0.0112. The number of benzene rings is 2. The number of amides is 1. The first-order chi connectivity index (χ1) is 11.4. The average Bonchev–Trinajstić information content (AvgIpc) is 2.93. The Balaban J connectivity index is 1.74. The van der Waals surface area contributed by atoms with E-state index < -0.39 is 24.8 Å². The lowest BCUT2D eigenvalue weighted by atomic mass is 9.79. The summed E-state index contributed by atoms with van der Waals surface area (Å²) in [4.78, 5) is 12.2. The van der Waals surface area contributed by atoms with E-state index in [1.54, 1.807) is 12.1 Å². The van der Waals surface area contributed by atoms with E-state index in [0.29, 0.717) is 5.46 Å². The summed E-state index contributed by atoms with van der Waals surface area (Å²) in [7, 11) is -1.08. The van der Waals surface area contributed by atoms with Gasteiger partial charge in [0.2, 0.25) is 0 Å². The van der Waals surface area contributed by atoms with Gasteiger partial charge in [0.05, 0.1) is 12.2 Å². The van der Waals surface area contributed by atoms with Crippen molar-refractivity contribution in [2.24, 2.45) is 0 Å². The van der Waals surface area contributed by atoms with Gasteiger partial charge in [-0.15, -0.1) is 0 Å². The van der Waals surface area contributed by atoms with Crippen LogP contribution in [-0.2, 0) is 24.0 Å². The van der Waals surface area contributed by atoms with Crippen LogP contribution in [0, 0.1) is 0 Å². The summed E-state index contributed by atoms with van der Waals surface area (Å²) in [6.45, 7) is 0.0159. The lowest BCUT2D eigenvalue weighted by Gasteiger charge is -2.13. The fraction of sp³-hybridized carbons (Fsp3) is 0.188. The third-order valence-corrected chi connectivity index (χ3v) is 3.83. The van der Waals surface area contributed by atoms with Crippen LogP contribution in [0.3, 0.4) is 0 Å². The van der Waals surface area contributed by atoms with Gasteiger partial charge in [0.25, 0.3) is 5.91 Å². The molecule has 24 heavy (non-hydrogen) atoms.